The summed E-state index contributed by atoms with van der Waals surface area (Å²) in [5, 5.41) is 0. The lowest BCUT2D eigenvalue weighted by Gasteiger charge is -2.39. The molecular formula is C20H28N2O5. The Labute approximate surface area is 160 Å². The molecule has 0 radical (unpaired) electrons. The Kier molecular flexibility index (Phi) is 5.99. The predicted octanol–water partition coefficient (Wildman–Crippen LogP) is 3.22. The smallest absolute Gasteiger partial charge is 0.410 e. The van der Waals surface area contributed by atoms with Gasteiger partial charge in [0.05, 0.1) is 12.2 Å². The van der Waals surface area contributed by atoms with E-state index in [0.29, 0.717) is 24.5 Å². The zero-order chi connectivity index (χ0) is 19.4. The molecule has 1 aliphatic carbocycles. The molecule has 7 nitrogen and oxygen atoms in total. The van der Waals surface area contributed by atoms with E-state index >= 15 is 0 Å². The fraction of sp³-hybridized carbons (Fsp3) is 0.650. The van der Waals surface area contributed by atoms with Gasteiger partial charge in [0.2, 0.25) is 5.88 Å². The highest BCUT2D eigenvalue weighted by atomic mass is 16.6. The number of likely N-dealkylation sites (tertiary alicyclic amines) is 1. The number of hydrogen-bond acceptors (Lipinski definition) is 6. The average molecular weight is 376 g/mol. The molecule has 27 heavy (non-hydrogen) atoms. The number of aldehydes is 1. The molecule has 0 bridgehead atoms. The van der Waals surface area contributed by atoms with Gasteiger partial charge in [-0.25, -0.2) is 9.78 Å². The van der Waals surface area contributed by atoms with Crippen LogP contribution >= 0.6 is 0 Å². The van der Waals surface area contributed by atoms with Crippen LogP contribution in [0.2, 0.25) is 0 Å². The summed E-state index contributed by atoms with van der Waals surface area (Å²) in [6, 6.07) is 3.30. The van der Waals surface area contributed by atoms with Crippen LogP contribution in [0, 0.1) is 0 Å². The first-order valence-corrected chi connectivity index (χ1v) is 9.53. The third-order valence-corrected chi connectivity index (χ3v) is 4.71. The van der Waals surface area contributed by atoms with Crippen LogP contribution in [0.3, 0.4) is 0 Å². The predicted molar refractivity (Wildman–Crippen MR) is 99.0 cm³/mol. The van der Waals surface area contributed by atoms with Gasteiger partial charge in [-0.1, -0.05) is 0 Å². The van der Waals surface area contributed by atoms with Crippen LogP contribution in [-0.2, 0) is 9.47 Å². The standard InChI is InChI=1S/C20H28N2O5/c1-20(2,3)27-19(24)22-8-5-15(6-9-22)25-16-11-17(12-16)26-18-10-14(13-23)4-7-21-18/h4,7,10,13,15-17H,5-6,8-9,11-12H2,1-3H3. The van der Waals surface area contributed by atoms with Crippen LogP contribution in [0.15, 0.2) is 18.3 Å². The second-order valence-corrected chi connectivity index (χ2v) is 8.18. The zero-order valence-corrected chi connectivity index (χ0v) is 16.2. The van der Waals surface area contributed by atoms with E-state index in [1.165, 1.54) is 0 Å². The van der Waals surface area contributed by atoms with E-state index in [1.54, 1.807) is 23.2 Å². The lowest BCUT2D eigenvalue weighted by molar-refractivity contribution is -0.110. The summed E-state index contributed by atoms with van der Waals surface area (Å²) >= 11 is 0. The second-order valence-electron chi connectivity index (χ2n) is 8.18. The molecule has 3 rings (SSSR count). The molecule has 1 aromatic rings. The molecule has 0 atom stereocenters. The van der Waals surface area contributed by atoms with Gasteiger partial charge in [-0.15, -0.1) is 0 Å². The van der Waals surface area contributed by atoms with Crippen molar-refractivity contribution >= 4 is 12.4 Å². The summed E-state index contributed by atoms with van der Waals surface area (Å²) in [6.45, 7) is 6.95. The van der Waals surface area contributed by atoms with Crippen LogP contribution in [0.1, 0.15) is 56.8 Å². The van der Waals surface area contributed by atoms with Crippen LogP contribution in [0.25, 0.3) is 0 Å². The van der Waals surface area contributed by atoms with Crippen molar-refractivity contribution in [1.29, 1.82) is 0 Å². The van der Waals surface area contributed by atoms with Crippen LogP contribution in [0.4, 0.5) is 4.79 Å². The van der Waals surface area contributed by atoms with E-state index in [1.807, 2.05) is 20.8 Å². The number of rotatable bonds is 5. The third kappa shape index (κ3) is 5.66. The third-order valence-electron chi connectivity index (χ3n) is 4.71. The van der Waals surface area contributed by atoms with Crippen molar-refractivity contribution in [3.63, 3.8) is 0 Å². The highest BCUT2D eigenvalue weighted by Crippen LogP contribution is 2.30. The normalized spacial score (nSPS) is 23.4. The number of carbonyl (C=O) groups is 2. The fourth-order valence-corrected chi connectivity index (χ4v) is 3.23. The molecule has 1 amide bonds. The van der Waals surface area contributed by atoms with Gasteiger partial charge in [-0.3, -0.25) is 4.79 Å². The summed E-state index contributed by atoms with van der Waals surface area (Å²) in [5.74, 6) is 0.480. The number of amides is 1. The summed E-state index contributed by atoms with van der Waals surface area (Å²) in [4.78, 5) is 28.8. The Morgan fingerprint density at radius 1 is 1.19 bits per heavy atom. The maximum atomic E-state index is 12.1. The van der Waals surface area contributed by atoms with Crippen LogP contribution in [-0.4, -0.2) is 59.3 Å². The topological polar surface area (TPSA) is 78.0 Å². The lowest BCUT2D eigenvalue weighted by atomic mass is 9.91. The number of nitrogens with zero attached hydrogens (tertiary/aromatic N) is 2. The summed E-state index contributed by atoms with van der Waals surface area (Å²) < 4.78 is 17.3. The Morgan fingerprint density at radius 2 is 1.89 bits per heavy atom. The van der Waals surface area contributed by atoms with E-state index in [4.69, 9.17) is 14.2 Å². The Morgan fingerprint density at radius 3 is 2.52 bits per heavy atom. The van der Waals surface area contributed by atoms with E-state index in [-0.39, 0.29) is 24.4 Å². The molecular weight excluding hydrogens is 348 g/mol. The molecule has 2 fully saturated rings. The van der Waals surface area contributed by atoms with Crippen molar-refractivity contribution in [2.45, 2.75) is 70.4 Å². The van der Waals surface area contributed by atoms with Crippen molar-refractivity contribution in [1.82, 2.24) is 9.88 Å². The number of aromatic nitrogens is 1. The first-order valence-electron chi connectivity index (χ1n) is 9.53. The number of piperidine rings is 1. The fourth-order valence-electron chi connectivity index (χ4n) is 3.23. The molecule has 1 aliphatic heterocycles. The molecule has 2 aliphatic rings. The van der Waals surface area contributed by atoms with Crippen LogP contribution < -0.4 is 4.74 Å². The molecule has 148 valence electrons. The number of ether oxygens (including phenoxy) is 3. The number of hydrogen-bond donors (Lipinski definition) is 0. The highest BCUT2D eigenvalue weighted by Gasteiger charge is 2.35. The molecule has 1 aromatic heterocycles. The van der Waals surface area contributed by atoms with Crippen molar-refractivity contribution in [3.05, 3.63) is 23.9 Å². The zero-order valence-electron chi connectivity index (χ0n) is 16.2. The second kappa shape index (κ2) is 8.25. The van der Waals surface area contributed by atoms with Gasteiger partial charge >= 0.3 is 6.09 Å². The molecule has 1 saturated carbocycles. The van der Waals surface area contributed by atoms with Gasteiger partial charge in [0.15, 0.2) is 0 Å². The number of carbonyl (C=O) groups excluding carboxylic acids is 2. The molecule has 0 N–H and O–H groups in total. The minimum Gasteiger partial charge on any atom is -0.474 e. The quantitative estimate of drug-likeness (QED) is 0.734. The van der Waals surface area contributed by atoms with Gasteiger partial charge in [0.1, 0.15) is 18.0 Å². The minimum absolute atomic E-state index is 0.0752. The van der Waals surface area contributed by atoms with Crippen molar-refractivity contribution in [2.75, 3.05) is 13.1 Å². The van der Waals surface area contributed by atoms with Gasteiger partial charge < -0.3 is 19.1 Å². The molecule has 1 saturated heterocycles. The Bertz CT molecular complexity index is 659. The Balaban J connectivity index is 1.35. The molecule has 0 spiro atoms. The van der Waals surface area contributed by atoms with E-state index in [0.717, 1.165) is 32.0 Å². The largest absolute Gasteiger partial charge is 0.474 e. The Hall–Kier alpha value is -2.15. The lowest BCUT2D eigenvalue weighted by Crippen LogP contribution is -2.46. The first-order chi connectivity index (χ1) is 12.8. The SMILES string of the molecule is CC(C)(C)OC(=O)N1CCC(OC2CC(Oc3cc(C=O)ccn3)C2)CC1. The van der Waals surface area contributed by atoms with Gasteiger partial charge in [-0.2, -0.15) is 0 Å². The van der Waals surface area contributed by atoms with Gasteiger partial charge in [0.25, 0.3) is 0 Å². The summed E-state index contributed by atoms with van der Waals surface area (Å²) in [7, 11) is 0. The van der Waals surface area contributed by atoms with Gasteiger partial charge in [-0.05, 0) is 39.7 Å². The summed E-state index contributed by atoms with van der Waals surface area (Å²) in [6.07, 6.45) is 5.82. The molecule has 7 heteroatoms. The minimum atomic E-state index is -0.467. The highest BCUT2D eigenvalue weighted by molar-refractivity contribution is 5.74. The van der Waals surface area contributed by atoms with Gasteiger partial charge in [0, 0.05) is 43.8 Å². The molecule has 2 heterocycles. The molecule has 0 unspecified atom stereocenters. The van der Waals surface area contributed by atoms with Crippen LogP contribution in [0.5, 0.6) is 5.88 Å². The number of pyridine rings is 1. The van der Waals surface area contributed by atoms with E-state index in [2.05, 4.69) is 4.98 Å². The molecule has 0 aromatic carbocycles. The summed E-state index contributed by atoms with van der Waals surface area (Å²) in [5.41, 5.74) is 0.0923. The van der Waals surface area contributed by atoms with E-state index < -0.39 is 5.60 Å². The maximum absolute atomic E-state index is 12.1. The average Bonchev–Trinajstić information content (AvgIpc) is 2.59. The van der Waals surface area contributed by atoms with E-state index in [9.17, 15) is 9.59 Å². The van der Waals surface area contributed by atoms with Crippen molar-refractivity contribution in [2.24, 2.45) is 0 Å². The monoisotopic (exact) mass is 376 g/mol. The maximum Gasteiger partial charge on any atom is 0.410 e. The van der Waals surface area contributed by atoms with Crippen molar-refractivity contribution in [3.8, 4) is 5.88 Å². The van der Waals surface area contributed by atoms with Crippen molar-refractivity contribution < 1.29 is 23.8 Å². The first kappa shape index (κ1) is 19.6.